The maximum absolute atomic E-state index is 12.2. The van der Waals surface area contributed by atoms with Crippen LogP contribution in [0, 0.1) is 0 Å². The number of rotatable bonds is 9. The third kappa shape index (κ3) is 6.37. The van der Waals surface area contributed by atoms with Crippen molar-refractivity contribution in [1.29, 1.82) is 0 Å². The summed E-state index contributed by atoms with van der Waals surface area (Å²) in [6.07, 6.45) is 1.93. The number of guanidine groups is 1. The van der Waals surface area contributed by atoms with Crippen LogP contribution in [0.3, 0.4) is 0 Å². The van der Waals surface area contributed by atoms with Crippen LogP contribution in [0.15, 0.2) is 53.5 Å². The zero-order valence-corrected chi connectivity index (χ0v) is 17.3. The molecule has 2 aromatic rings. The molecule has 3 rings (SSSR count). The van der Waals surface area contributed by atoms with Crippen molar-refractivity contribution in [3.8, 4) is 5.75 Å². The van der Waals surface area contributed by atoms with Gasteiger partial charge in [0.15, 0.2) is 5.96 Å². The smallest absolute Gasteiger partial charge is 0.191 e. The maximum Gasteiger partial charge on any atom is 0.191 e. The van der Waals surface area contributed by atoms with Crippen LogP contribution in [0.1, 0.15) is 23.6 Å². The first-order valence-corrected chi connectivity index (χ1v) is 11.4. The van der Waals surface area contributed by atoms with Crippen molar-refractivity contribution in [3.05, 3.63) is 65.2 Å². The largest absolute Gasteiger partial charge is 0.493 e. The molecule has 150 valence electrons. The highest BCUT2D eigenvalue weighted by Gasteiger charge is 2.11. The summed E-state index contributed by atoms with van der Waals surface area (Å²) < 4.78 is 17.8. The Bertz CT molecular complexity index is 809. The van der Waals surface area contributed by atoms with E-state index < -0.39 is 10.8 Å². The molecule has 2 aromatic carbocycles. The van der Waals surface area contributed by atoms with Gasteiger partial charge in [-0.3, -0.25) is 9.20 Å². The number of nitrogens with zero attached hydrogens (tertiary/aromatic N) is 1. The lowest BCUT2D eigenvalue weighted by molar-refractivity contribution is 0.357. The van der Waals surface area contributed by atoms with Crippen molar-refractivity contribution < 1.29 is 8.95 Å². The molecule has 0 saturated carbocycles. The summed E-state index contributed by atoms with van der Waals surface area (Å²) in [6, 6.07) is 16.4. The Hall–Kier alpha value is -2.34. The number of hydrogen-bond donors (Lipinski definition) is 2. The first kappa shape index (κ1) is 20.4. The van der Waals surface area contributed by atoms with E-state index in [1.807, 2.05) is 37.3 Å². The summed E-state index contributed by atoms with van der Waals surface area (Å²) in [7, 11) is -0.901. The molecule has 5 nitrogen and oxygen atoms in total. The number of aliphatic imine (C=N–C) groups is 1. The van der Waals surface area contributed by atoms with Crippen LogP contribution in [0.25, 0.3) is 0 Å². The molecule has 0 fully saturated rings. The maximum atomic E-state index is 12.2. The quantitative estimate of drug-likeness (QED) is 0.503. The molecule has 0 aromatic heterocycles. The monoisotopic (exact) mass is 399 g/mol. The Kier molecular flexibility index (Phi) is 7.91. The van der Waals surface area contributed by atoms with Gasteiger partial charge < -0.3 is 15.4 Å². The van der Waals surface area contributed by atoms with Gasteiger partial charge in [-0.1, -0.05) is 42.5 Å². The van der Waals surface area contributed by atoms with Gasteiger partial charge in [0.1, 0.15) is 5.75 Å². The lowest BCUT2D eigenvalue weighted by Gasteiger charge is -2.11. The summed E-state index contributed by atoms with van der Waals surface area (Å²) in [4.78, 5) is 4.57. The third-order valence-corrected chi connectivity index (χ3v) is 5.86. The van der Waals surface area contributed by atoms with Crippen LogP contribution < -0.4 is 15.4 Å². The third-order valence-electron chi connectivity index (χ3n) is 4.56. The number of hydrogen-bond acceptors (Lipinski definition) is 3. The van der Waals surface area contributed by atoms with Gasteiger partial charge in [0.05, 0.1) is 13.2 Å². The van der Waals surface area contributed by atoms with Crippen molar-refractivity contribution in [1.82, 2.24) is 10.6 Å². The molecule has 6 heteroatoms. The molecular weight excluding hydrogens is 370 g/mol. The minimum atomic E-state index is -0.901. The molecule has 1 atom stereocenters. The van der Waals surface area contributed by atoms with E-state index >= 15 is 0 Å². The summed E-state index contributed by atoms with van der Waals surface area (Å²) in [5.41, 5.74) is 3.71. The molecule has 0 saturated heterocycles. The van der Waals surface area contributed by atoms with Gasteiger partial charge in [0.2, 0.25) is 0 Å². The Labute approximate surface area is 170 Å². The summed E-state index contributed by atoms with van der Waals surface area (Å²) in [5, 5.41) is 6.62. The molecule has 0 radical (unpaired) electrons. The van der Waals surface area contributed by atoms with Crippen molar-refractivity contribution in [2.45, 2.75) is 25.5 Å². The van der Waals surface area contributed by atoms with Gasteiger partial charge in [-0.15, -0.1) is 0 Å². The van der Waals surface area contributed by atoms with Gasteiger partial charge >= 0.3 is 0 Å². The molecule has 1 aliphatic heterocycles. The van der Waals surface area contributed by atoms with E-state index in [9.17, 15) is 4.21 Å². The van der Waals surface area contributed by atoms with Gasteiger partial charge in [0.25, 0.3) is 0 Å². The number of benzene rings is 2. The number of fused-ring (bicyclic) bond motifs is 1. The van der Waals surface area contributed by atoms with Gasteiger partial charge in [0, 0.05) is 41.8 Å². The normalized spacial score (nSPS) is 14.2. The second-order valence-corrected chi connectivity index (χ2v) is 8.33. The lowest BCUT2D eigenvalue weighted by atomic mass is 10.1. The van der Waals surface area contributed by atoms with E-state index in [4.69, 9.17) is 4.74 Å². The topological polar surface area (TPSA) is 62.7 Å². The zero-order valence-electron chi connectivity index (χ0n) is 16.4. The fraction of sp³-hybridized carbons (Fsp3) is 0.409. The highest BCUT2D eigenvalue weighted by Crippen LogP contribution is 2.25. The molecular formula is C22H29N3O2S. The summed E-state index contributed by atoms with van der Waals surface area (Å²) in [5.74, 6) is 2.96. The Morgan fingerprint density at radius 3 is 2.82 bits per heavy atom. The summed E-state index contributed by atoms with van der Waals surface area (Å²) in [6.45, 7) is 4.99. The first-order valence-electron chi connectivity index (χ1n) is 9.90. The lowest BCUT2D eigenvalue weighted by Crippen LogP contribution is -2.38. The van der Waals surface area contributed by atoms with Crippen LogP contribution in [0.5, 0.6) is 5.75 Å². The van der Waals surface area contributed by atoms with E-state index in [1.165, 1.54) is 11.1 Å². The molecule has 1 heterocycles. The van der Waals surface area contributed by atoms with Crippen molar-refractivity contribution in [2.75, 3.05) is 32.0 Å². The second-order valence-electron chi connectivity index (χ2n) is 6.75. The number of nitrogens with one attached hydrogen (secondary N) is 2. The standard InChI is InChI=1S/C22H29N3O2S/c1-2-23-22(25-13-15-28(26)17-19-6-4-3-5-7-19)24-12-10-18-8-9-21-20(16-18)11-14-27-21/h3-9,16H,2,10-15,17H2,1H3,(H2,23,24,25). The predicted octanol–water partition coefficient (Wildman–Crippen LogP) is 2.67. The van der Waals surface area contributed by atoms with E-state index in [2.05, 4.69) is 33.8 Å². The van der Waals surface area contributed by atoms with E-state index in [1.54, 1.807) is 0 Å². The van der Waals surface area contributed by atoms with E-state index in [-0.39, 0.29) is 0 Å². The van der Waals surface area contributed by atoms with Crippen LogP contribution >= 0.6 is 0 Å². The van der Waals surface area contributed by atoms with Crippen molar-refractivity contribution in [2.24, 2.45) is 4.99 Å². The van der Waals surface area contributed by atoms with Gasteiger partial charge in [-0.25, -0.2) is 0 Å². The molecule has 1 unspecified atom stereocenters. The van der Waals surface area contributed by atoms with E-state index in [0.29, 0.717) is 18.1 Å². The minimum Gasteiger partial charge on any atom is -0.493 e. The molecule has 1 aliphatic rings. The average molecular weight is 400 g/mol. The molecule has 2 N–H and O–H groups in total. The molecule has 0 amide bonds. The molecule has 0 aliphatic carbocycles. The Morgan fingerprint density at radius 1 is 1.14 bits per heavy atom. The predicted molar refractivity (Wildman–Crippen MR) is 116 cm³/mol. The summed E-state index contributed by atoms with van der Waals surface area (Å²) >= 11 is 0. The zero-order chi connectivity index (χ0) is 19.6. The Morgan fingerprint density at radius 2 is 2.00 bits per heavy atom. The first-order chi connectivity index (χ1) is 13.7. The van der Waals surface area contributed by atoms with Crippen molar-refractivity contribution in [3.63, 3.8) is 0 Å². The van der Waals surface area contributed by atoms with Crippen LogP contribution in [0.2, 0.25) is 0 Å². The minimum absolute atomic E-state index is 0.547. The number of ether oxygens (including phenoxy) is 1. The SMILES string of the molecule is CCNC(=NCCS(=O)Cc1ccccc1)NCCc1ccc2c(c1)CCO2. The highest BCUT2D eigenvalue weighted by molar-refractivity contribution is 7.84. The fourth-order valence-corrected chi connectivity index (χ4v) is 4.16. The van der Waals surface area contributed by atoms with Crippen LogP contribution in [-0.2, 0) is 29.4 Å². The highest BCUT2D eigenvalue weighted by atomic mass is 32.2. The average Bonchev–Trinajstić information content (AvgIpc) is 3.16. The molecule has 28 heavy (non-hydrogen) atoms. The van der Waals surface area contributed by atoms with E-state index in [0.717, 1.165) is 49.8 Å². The van der Waals surface area contributed by atoms with Crippen LogP contribution in [-0.4, -0.2) is 42.2 Å². The Balaban J connectivity index is 1.42. The second kappa shape index (κ2) is 10.9. The van der Waals surface area contributed by atoms with Crippen molar-refractivity contribution >= 4 is 16.8 Å². The van der Waals surface area contributed by atoms with Gasteiger partial charge in [-0.2, -0.15) is 0 Å². The fourth-order valence-electron chi connectivity index (χ4n) is 3.15. The molecule has 0 spiro atoms. The van der Waals surface area contributed by atoms with Crippen LogP contribution in [0.4, 0.5) is 0 Å². The molecule has 0 bridgehead atoms. The van der Waals surface area contributed by atoms with Gasteiger partial charge in [-0.05, 0) is 36.1 Å².